The molecule has 1 aliphatic carbocycles. The summed E-state index contributed by atoms with van der Waals surface area (Å²) in [5.74, 6) is -1.28. The van der Waals surface area contributed by atoms with Crippen LogP contribution in [0, 0.1) is 65.1 Å². The Bertz CT molecular complexity index is 3970. The third kappa shape index (κ3) is 44.8. The van der Waals surface area contributed by atoms with Gasteiger partial charge in [-0.05, 0) is 161 Å². The van der Waals surface area contributed by atoms with E-state index in [0.29, 0.717) is 98.6 Å². The van der Waals surface area contributed by atoms with Crippen molar-refractivity contribution in [2.24, 2.45) is 97.7 Å². The van der Waals surface area contributed by atoms with Gasteiger partial charge in [0.05, 0.1) is 68.7 Å². The molecule has 0 spiro atoms. The molecule has 35 heteroatoms. The topological polar surface area (TPSA) is 456 Å². The van der Waals surface area contributed by atoms with Gasteiger partial charge in [-0.25, -0.2) is 14.0 Å². The zero-order valence-corrected chi connectivity index (χ0v) is 77.2. The van der Waals surface area contributed by atoms with Gasteiger partial charge < -0.3 is 61.6 Å². The van der Waals surface area contributed by atoms with Gasteiger partial charge in [0.2, 0.25) is 11.8 Å². The first-order chi connectivity index (χ1) is 56.5. The average molecular weight is 1760 g/mol. The quantitative estimate of drug-likeness (QED) is 0.00576. The Kier molecular flexibility index (Phi) is 59.6. The van der Waals surface area contributed by atoms with Crippen LogP contribution in [0.4, 0.5) is 11.4 Å². The molecule has 1 saturated carbocycles. The Hall–Kier alpha value is -9.48. The molecule has 3 aromatic heterocycles. The first-order valence-electron chi connectivity index (χ1n) is 40.0. The number of aromatic nitrogens is 12. The van der Waals surface area contributed by atoms with Crippen molar-refractivity contribution in [1.82, 2.24) is 65.9 Å². The van der Waals surface area contributed by atoms with Crippen LogP contribution in [0.15, 0.2) is 141 Å². The van der Waals surface area contributed by atoms with E-state index < -0.39 is 55.6 Å². The summed E-state index contributed by atoms with van der Waals surface area (Å²) in [4.78, 5) is 94.0. The molecule has 0 radical (unpaired) electrons. The monoisotopic (exact) mass is 1760 g/mol. The predicted molar refractivity (Wildman–Crippen MR) is 472 cm³/mol. The number of carbonyl (C=O) groups excluding carboxylic acids is 5. The fourth-order valence-electron chi connectivity index (χ4n) is 12.5. The summed E-state index contributed by atoms with van der Waals surface area (Å²) in [6.07, 6.45) is 10.9. The molecule has 7 atom stereocenters. The first-order valence-corrected chi connectivity index (χ1v) is 42.4. The van der Waals surface area contributed by atoms with Gasteiger partial charge in [-0.15, -0.1) is 28.5 Å². The van der Waals surface area contributed by atoms with E-state index >= 15 is 0 Å². The number of benzene rings is 4. The number of nitrogens with zero attached hydrogens (tertiary/aromatic N) is 14. The summed E-state index contributed by atoms with van der Waals surface area (Å²) >= 11 is 3.13. The maximum atomic E-state index is 12.1. The SMILES string of the molecule is C=CCBr.C=CC[C@@H](c1nnnn1C)[C@@H](CC(C)C)C(=O)O.CC(C)C[C@H](Cc1nnnn1C)C(=O)O.CN.CN1C(=O)[C@@H](N)CN(CC2CC2)c2ccccc21.CNC(=O)C[C@@H](CC(C)C)C(=O)OC.COC(=O)[C@@H](CC(=O)O)CC(C)C.COC(=O)[C@@H](Cc1nnnn1C)CC(C)C.[Li+].[OH-].c1ccc(P(c2ccccc2)c2ccccc2)cc1. The molecule has 121 heavy (non-hydrogen) atoms. The van der Waals surface area contributed by atoms with E-state index in [2.05, 4.69) is 212 Å². The van der Waals surface area contributed by atoms with Crippen LogP contribution in [-0.4, -0.2) is 196 Å². The molecule has 9 N–H and O–H groups in total. The number of likely N-dealkylation sites (N-methyl/N-ethyl adjacent to an activating group) is 1. The van der Waals surface area contributed by atoms with Gasteiger partial charge in [0.15, 0.2) is 17.5 Å². The molecule has 2 amide bonds. The number of amides is 2. The Morgan fingerprint density at radius 3 is 1.26 bits per heavy atom. The number of hydrogen-bond donors (Lipinski definition) is 6. The van der Waals surface area contributed by atoms with Crippen molar-refractivity contribution in [3.8, 4) is 0 Å². The van der Waals surface area contributed by atoms with Crippen molar-refractivity contribution in [2.45, 2.75) is 158 Å². The van der Waals surface area contributed by atoms with E-state index in [1.807, 2.05) is 80.6 Å². The van der Waals surface area contributed by atoms with Crippen LogP contribution >= 0.6 is 23.9 Å². The van der Waals surface area contributed by atoms with Gasteiger partial charge in [0.25, 0.3) is 0 Å². The Morgan fingerprint density at radius 2 is 0.926 bits per heavy atom. The minimum absolute atomic E-state index is 0. The average Bonchev–Trinajstić information content (AvgIpc) is 1.62. The van der Waals surface area contributed by atoms with Crippen molar-refractivity contribution in [2.75, 3.05) is 70.7 Å². The minimum atomic E-state index is -0.962. The van der Waals surface area contributed by atoms with E-state index in [0.717, 1.165) is 35.6 Å². The summed E-state index contributed by atoms with van der Waals surface area (Å²) in [6.45, 7) is 28.9. The predicted octanol–water partition coefficient (Wildman–Crippen LogP) is 7.58. The number of nitrogens with two attached hydrogens (primary N) is 2. The number of ether oxygens (including phenoxy) is 3. The fourth-order valence-corrected chi connectivity index (χ4v) is 14.8. The van der Waals surface area contributed by atoms with Gasteiger partial charge in [0.1, 0.15) is 6.04 Å². The third-order valence-corrected chi connectivity index (χ3v) is 21.2. The van der Waals surface area contributed by atoms with Crippen molar-refractivity contribution in [3.05, 3.63) is 158 Å². The Balaban J connectivity index is 0. The molecular weight excluding hydrogens is 1630 g/mol. The number of carbonyl (C=O) groups is 8. The zero-order valence-electron chi connectivity index (χ0n) is 74.7. The molecule has 2 aliphatic rings. The second-order valence-corrected chi connectivity index (χ2v) is 33.4. The molecule has 0 saturated heterocycles. The molecule has 32 nitrogen and oxygen atoms in total. The van der Waals surface area contributed by atoms with Gasteiger partial charge in [-0.1, -0.05) is 200 Å². The summed E-state index contributed by atoms with van der Waals surface area (Å²) < 4.78 is 18.6. The van der Waals surface area contributed by atoms with E-state index in [1.54, 1.807) is 49.9 Å². The second kappa shape index (κ2) is 63.5. The number of halogens is 1. The molecule has 0 unspecified atom stereocenters. The number of allylic oxidation sites excluding steroid dienone is 2. The number of fused-ring (bicyclic) bond motifs is 1. The normalized spacial score (nSPS) is 13.7. The maximum absolute atomic E-state index is 12.1. The number of nitrogens with one attached hydrogen (secondary N) is 1. The largest absolute Gasteiger partial charge is 1.00 e. The number of aliphatic carboxylic acids is 3. The third-order valence-electron chi connectivity index (χ3n) is 18.3. The van der Waals surface area contributed by atoms with Crippen LogP contribution in [0.25, 0.3) is 0 Å². The molecular formula is C86H134BrLiN17O15P. The van der Waals surface area contributed by atoms with Crippen LogP contribution in [0.3, 0.4) is 0 Å². The number of para-hydroxylation sites is 2. The molecule has 9 rings (SSSR count). The van der Waals surface area contributed by atoms with Crippen LogP contribution < -0.4 is 61.4 Å². The molecule has 1 fully saturated rings. The van der Waals surface area contributed by atoms with Crippen molar-refractivity contribution < 1.29 is 92.2 Å². The number of esters is 3. The van der Waals surface area contributed by atoms with Gasteiger partial charge >= 0.3 is 54.7 Å². The van der Waals surface area contributed by atoms with Crippen LogP contribution in [-0.2, 0) is 86.6 Å². The van der Waals surface area contributed by atoms with Gasteiger partial charge in [-0.3, -0.25) is 38.4 Å². The number of methoxy groups -OCH3 is 3. The minimum Gasteiger partial charge on any atom is -0.870 e. The van der Waals surface area contributed by atoms with Crippen LogP contribution in [0.2, 0.25) is 0 Å². The Labute approximate surface area is 737 Å². The number of carboxylic acids is 3. The number of carboxylic acid groups (broad SMARTS) is 3. The Morgan fingerprint density at radius 1 is 0.554 bits per heavy atom. The summed E-state index contributed by atoms with van der Waals surface area (Å²) in [7, 11) is 13.6. The fraction of sp³-hybridized carbons (Fsp3) is 0.547. The van der Waals surface area contributed by atoms with Gasteiger partial charge in [-0.2, -0.15) is 0 Å². The molecule has 666 valence electrons. The summed E-state index contributed by atoms with van der Waals surface area (Å²) in [5.41, 5.74) is 12.6. The molecule has 4 aromatic carbocycles. The van der Waals surface area contributed by atoms with E-state index in [4.69, 9.17) is 20.7 Å². The zero-order chi connectivity index (χ0) is 89.9. The van der Waals surface area contributed by atoms with Crippen LogP contribution in [0.5, 0.6) is 0 Å². The molecule has 4 heterocycles. The number of aryl methyl sites for hydroxylation is 3. The standard InChI is InChI=1S/C18H15P.C14H19N3O.C12H20N4O2.C10H18N4O2.C10H19NO3.C9H16N4O2.C9H16O4.C3H5Br.CH5N.Li.H2O/c1-4-10-16(11-5-1)19(17-12-6-2-7-13-17)18-14-8-3-9-15-18;1-16-12-4-2-3-5-13(12)17(8-10-6-7-10)9-11(15)14(16)18;1-5-6-9(11-13-14-15-16(11)4)10(12(17)18)7-8(2)3;1-7(2)5-8(10(15)16-4)6-9-11-12-13-14(9)3;1-7(2)5-8(10(13)14-4)6-9(12)11-3;1-6(2)4-7(9(14)15)5-8-10-11-12-13(8)3;1-6(2)4-7(5-8(10)11)9(12)13-3;1-2-3-4;1-2;;/h1-15H;2-5,10-11H,6-9,15H2,1H3;5,8-10H,1,6-7H2,2-4H3,(H,17,18);7-8H,5-6H2,1-4H3;7-8H,5-6H2,1-4H3,(H,11,12);6-7H,4-5H2,1-3H3,(H,14,15);6-7H,4-5H2,1-3H3,(H,10,11);2H,1,3H2;2H2,1H3;;1H2/q;;;;;;;;;+1;/p-1/t;11-;9-,10-;2*8-;2*7-;;;;/m.011111..../s1. The smallest absolute Gasteiger partial charge is 0.870 e. The number of hydrogen-bond acceptors (Lipinski definition) is 24. The summed E-state index contributed by atoms with van der Waals surface area (Å²) in [5, 5.41) is 67.9. The molecule has 1 aliphatic heterocycles. The van der Waals surface area contributed by atoms with Gasteiger partial charge in [0, 0.05) is 78.8 Å². The summed E-state index contributed by atoms with van der Waals surface area (Å²) in [6, 6.07) is 40.0. The van der Waals surface area contributed by atoms with E-state index in [1.165, 1.54) is 66.5 Å². The number of alkyl halides is 1. The van der Waals surface area contributed by atoms with Crippen molar-refractivity contribution >= 4 is 98.8 Å². The van der Waals surface area contributed by atoms with Crippen LogP contribution in [0.1, 0.15) is 157 Å². The van der Waals surface area contributed by atoms with Crippen molar-refractivity contribution in [3.63, 3.8) is 0 Å². The van der Waals surface area contributed by atoms with Crippen molar-refractivity contribution in [1.29, 1.82) is 0 Å². The number of rotatable bonds is 33. The molecule has 7 aromatic rings. The number of tetrazole rings is 3. The van der Waals surface area contributed by atoms with E-state index in [9.17, 15) is 43.5 Å². The second-order valence-electron chi connectivity index (χ2n) is 30.5. The maximum Gasteiger partial charge on any atom is 1.00 e. The van der Waals surface area contributed by atoms with E-state index in [-0.39, 0.29) is 78.7 Å². The molecule has 0 bridgehead atoms. The first kappa shape index (κ1) is 114. The number of anilines is 2.